The van der Waals surface area contributed by atoms with Crippen LogP contribution in [-0.4, -0.2) is 23.8 Å². The smallest absolute Gasteiger partial charge is 0.387 e. The van der Waals surface area contributed by atoms with Gasteiger partial charge in [0.2, 0.25) is 0 Å². The number of amides is 2. The number of benzene rings is 2. The third-order valence-electron chi connectivity index (χ3n) is 5.39. The Morgan fingerprint density at radius 1 is 1.23 bits per heavy atom. The third-order valence-corrected chi connectivity index (χ3v) is 5.39. The van der Waals surface area contributed by atoms with Gasteiger partial charge in [-0.1, -0.05) is 19.1 Å². The monoisotopic (exact) mass is 428 g/mol. The number of aromatic nitrogens is 1. The van der Waals surface area contributed by atoms with Gasteiger partial charge in [0.25, 0.3) is 0 Å². The molecule has 0 radical (unpaired) electrons. The molecule has 0 aliphatic heterocycles. The number of carbonyl (C=O) groups is 1. The van der Waals surface area contributed by atoms with E-state index in [1.54, 1.807) is 12.1 Å². The summed E-state index contributed by atoms with van der Waals surface area (Å²) in [6.45, 7) is 0.484. The number of halogens is 2. The van der Waals surface area contributed by atoms with Crippen LogP contribution in [0.25, 0.3) is 22.2 Å². The number of rotatable bonds is 8. The fraction of sp³-hybridized carbons (Fsp3) is 0.348. The van der Waals surface area contributed by atoms with E-state index in [9.17, 15) is 13.6 Å². The van der Waals surface area contributed by atoms with E-state index in [-0.39, 0.29) is 11.8 Å². The van der Waals surface area contributed by atoms with Crippen LogP contribution in [0.15, 0.2) is 42.5 Å². The second-order valence-corrected chi connectivity index (χ2v) is 7.83. The Labute approximate surface area is 179 Å². The van der Waals surface area contributed by atoms with Gasteiger partial charge in [0.1, 0.15) is 5.75 Å². The van der Waals surface area contributed by atoms with Crippen molar-refractivity contribution in [1.82, 2.24) is 9.88 Å². The van der Waals surface area contributed by atoms with Crippen molar-refractivity contribution in [3.8, 4) is 17.0 Å². The average molecular weight is 428 g/mol. The average Bonchev–Trinajstić information content (AvgIpc) is 3.52. The van der Waals surface area contributed by atoms with Gasteiger partial charge in [-0.15, -0.1) is 0 Å². The number of nitrogens with zero attached hydrogens (tertiary/aromatic N) is 1. The molecule has 31 heavy (non-hydrogen) atoms. The highest BCUT2D eigenvalue weighted by Crippen LogP contribution is 2.41. The van der Waals surface area contributed by atoms with Crippen LogP contribution >= 0.6 is 0 Å². The lowest BCUT2D eigenvalue weighted by atomic mass is 10.1. The van der Waals surface area contributed by atoms with Gasteiger partial charge in [-0.05, 0) is 49.4 Å². The molecule has 0 spiro atoms. The van der Waals surface area contributed by atoms with Gasteiger partial charge in [-0.25, -0.2) is 4.79 Å². The van der Waals surface area contributed by atoms with Gasteiger partial charge in [-0.3, -0.25) is 0 Å². The number of anilines is 2. The molecule has 1 aliphatic rings. The molecular weight excluding hydrogens is 402 g/mol. The number of alkyl halides is 2. The Morgan fingerprint density at radius 3 is 2.61 bits per heavy atom. The first kappa shape index (κ1) is 21.0. The van der Waals surface area contributed by atoms with Crippen molar-refractivity contribution in [2.75, 3.05) is 17.6 Å². The molecule has 164 valence electrons. The minimum absolute atomic E-state index is 0.112. The number of nitrogen functional groups attached to an aromatic ring is 1. The van der Waals surface area contributed by atoms with Crippen LogP contribution in [-0.2, 0) is 6.54 Å². The second kappa shape index (κ2) is 8.83. The maximum Gasteiger partial charge on any atom is 0.387 e. The van der Waals surface area contributed by atoms with Gasteiger partial charge < -0.3 is 25.7 Å². The van der Waals surface area contributed by atoms with Crippen molar-refractivity contribution >= 4 is 28.3 Å². The summed E-state index contributed by atoms with van der Waals surface area (Å²) < 4.78 is 32.1. The lowest BCUT2D eigenvalue weighted by Crippen LogP contribution is -2.29. The zero-order chi connectivity index (χ0) is 22.0. The predicted molar refractivity (Wildman–Crippen MR) is 118 cm³/mol. The number of nitrogens with two attached hydrogens (primary N) is 1. The standard InChI is InChI=1S/C23H26F2N4O2/c1-2-11-27-23(30)28-16-7-5-15(6-8-16)21-20(26)18-10-9-17(31-22(24)25)12-19(18)29(21)13-14-3-4-14/h5-10,12,14,22H,2-4,11,13,26H2,1H3,(H2,27,28,30). The summed E-state index contributed by atoms with van der Waals surface area (Å²) in [5.41, 5.74) is 10.3. The molecule has 4 N–H and O–H groups in total. The van der Waals surface area contributed by atoms with E-state index in [4.69, 9.17) is 5.73 Å². The quantitative estimate of drug-likeness (QED) is 0.447. The van der Waals surface area contributed by atoms with E-state index < -0.39 is 6.61 Å². The molecule has 0 unspecified atom stereocenters. The second-order valence-electron chi connectivity index (χ2n) is 7.83. The zero-order valence-corrected chi connectivity index (χ0v) is 17.3. The minimum atomic E-state index is -2.88. The Morgan fingerprint density at radius 2 is 1.97 bits per heavy atom. The summed E-state index contributed by atoms with van der Waals surface area (Å²) in [6, 6.07) is 12.1. The van der Waals surface area contributed by atoms with Crippen LogP contribution in [0.4, 0.5) is 25.0 Å². The molecule has 0 bridgehead atoms. The summed E-state index contributed by atoms with van der Waals surface area (Å²) in [7, 11) is 0. The Bertz CT molecular complexity index is 1080. The SMILES string of the molecule is CCCNC(=O)Nc1ccc(-c2c(N)c3ccc(OC(F)F)cc3n2CC2CC2)cc1. The largest absolute Gasteiger partial charge is 0.435 e. The van der Waals surface area contributed by atoms with E-state index in [0.29, 0.717) is 23.8 Å². The first-order valence-electron chi connectivity index (χ1n) is 10.5. The fourth-order valence-electron chi connectivity index (χ4n) is 3.72. The first-order chi connectivity index (χ1) is 15.0. The highest BCUT2D eigenvalue weighted by Gasteiger charge is 2.26. The van der Waals surface area contributed by atoms with E-state index in [0.717, 1.165) is 48.0 Å². The highest BCUT2D eigenvalue weighted by molar-refractivity contribution is 6.01. The molecule has 1 saturated carbocycles. The van der Waals surface area contributed by atoms with Crippen LogP contribution in [0.3, 0.4) is 0 Å². The number of ether oxygens (including phenoxy) is 1. The molecule has 8 heteroatoms. The number of hydrogen-bond donors (Lipinski definition) is 3. The number of hydrogen-bond acceptors (Lipinski definition) is 3. The van der Waals surface area contributed by atoms with Crippen molar-refractivity contribution in [3.63, 3.8) is 0 Å². The number of urea groups is 1. The maximum absolute atomic E-state index is 12.7. The molecule has 6 nitrogen and oxygen atoms in total. The number of nitrogens with one attached hydrogen (secondary N) is 2. The highest BCUT2D eigenvalue weighted by atomic mass is 19.3. The summed E-state index contributed by atoms with van der Waals surface area (Å²) >= 11 is 0. The molecule has 2 amide bonds. The van der Waals surface area contributed by atoms with Crippen molar-refractivity contribution in [3.05, 3.63) is 42.5 Å². The van der Waals surface area contributed by atoms with Gasteiger partial charge in [0.15, 0.2) is 0 Å². The van der Waals surface area contributed by atoms with E-state index >= 15 is 0 Å². The van der Waals surface area contributed by atoms with Crippen molar-refractivity contribution in [2.24, 2.45) is 5.92 Å². The van der Waals surface area contributed by atoms with Crippen molar-refractivity contribution in [2.45, 2.75) is 39.3 Å². The molecule has 1 heterocycles. The summed E-state index contributed by atoms with van der Waals surface area (Å²) in [5, 5.41) is 6.38. The van der Waals surface area contributed by atoms with Crippen LogP contribution in [0.1, 0.15) is 26.2 Å². The Kier molecular flexibility index (Phi) is 5.97. The van der Waals surface area contributed by atoms with Crippen LogP contribution in [0.2, 0.25) is 0 Å². The van der Waals surface area contributed by atoms with Gasteiger partial charge in [0.05, 0.1) is 16.9 Å². The van der Waals surface area contributed by atoms with Gasteiger partial charge >= 0.3 is 12.6 Å². The van der Waals surface area contributed by atoms with E-state index in [1.165, 1.54) is 6.07 Å². The Balaban J connectivity index is 1.68. The summed E-state index contributed by atoms with van der Waals surface area (Å²) in [6.07, 6.45) is 3.14. The normalized spacial score (nSPS) is 13.5. The molecule has 4 rings (SSSR count). The fourth-order valence-corrected chi connectivity index (χ4v) is 3.72. The molecule has 1 fully saturated rings. The van der Waals surface area contributed by atoms with Crippen molar-refractivity contribution in [1.29, 1.82) is 0 Å². The van der Waals surface area contributed by atoms with Gasteiger partial charge in [-0.2, -0.15) is 8.78 Å². The lowest BCUT2D eigenvalue weighted by molar-refractivity contribution is -0.0497. The lowest BCUT2D eigenvalue weighted by Gasteiger charge is -2.13. The molecule has 3 aromatic rings. The molecule has 0 saturated heterocycles. The predicted octanol–water partition coefficient (Wildman–Crippen LogP) is 5.43. The molecule has 2 aromatic carbocycles. The van der Waals surface area contributed by atoms with Crippen LogP contribution < -0.4 is 21.1 Å². The van der Waals surface area contributed by atoms with E-state index in [1.807, 2.05) is 31.2 Å². The summed E-state index contributed by atoms with van der Waals surface area (Å²) in [5.74, 6) is 0.665. The van der Waals surface area contributed by atoms with Crippen LogP contribution in [0, 0.1) is 5.92 Å². The number of carbonyl (C=O) groups excluding carboxylic acids is 1. The third kappa shape index (κ3) is 4.73. The first-order valence-corrected chi connectivity index (χ1v) is 10.5. The van der Waals surface area contributed by atoms with E-state index in [2.05, 4.69) is 19.9 Å². The summed E-state index contributed by atoms with van der Waals surface area (Å²) in [4.78, 5) is 11.9. The minimum Gasteiger partial charge on any atom is -0.435 e. The van der Waals surface area contributed by atoms with Crippen LogP contribution in [0.5, 0.6) is 5.75 Å². The topological polar surface area (TPSA) is 81.3 Å². The van der Waals surface area contributed by atoms with Crippen molar-refractivity contribution < 1.29 is 18.3 Å². The van der Waals surface area contributed by atoms with Gasteiger partial charge in [0, 0.05) is 35.8 Å². The number of fused-ring (bicyclic) bond motifs is 1. The Hall–Kier alpha value is -3.29. The zero-order valence-electron chi connectivity index (χ0n) is 17.3. The molecule has 1 aromatic heterocycles. The molecular formula is C23H26F2N4O2. The molecule has 0 atom stereocenters. The maximum atomic E-state index is 12.7. The molecule has 1 aliphatic carbocycles.